The Hall–Kier alpha value is -4.93. The lowest BCUT2D eigenvalue weighted by Crippen LogP contribution is -2.35. The van der Waals surface area contributed by atoms with Crippen LogP contribution < -0.4 is 25.1 Å². The van der Waals surface area contributed by atoms with Crippen molar-refractivity contribution in [2.24, 2.45) is 7.05 Å². The number of pyridine rings is 1. The van der Waals surface area contributed by atoms with Gasteiger partial charge in [0.1, 0.15) is 17.1 Å². The maximum atomic E-state index is 13.3. The Kier molecular flexibility index (Phi) is 7.74. The summed E-state index contributed by atoms with van der Waals surface area (Å²) in [6.07, 6.45) is -0.438. The molecule has 0 saturated carbocycles. The molecule has 1 amide bonds. The summed E-state index contributed by atoms with van der Waals surface area (Å²) in [5.41, 5.74) is -1.94. The second-order valence-electron chi connectivity index (χ2n) is 8.56. The predicted octanol–water partition coefficient (Wildman–Crippen LogP) is 2.50. The molecule has 17 heteroatoms. The lowest BCUT2D eigenvalue weighted by atomic mass is 10.1. The maximum absolute atomic E-state index is 13.3. The zero-order chi connectivity index (χ0) is 30.1. The van der Waals surface area contributed by atoms with Crippen molar-refractivity contribution < 1.29 is 35.9 Å². The van der Waals surface area contributed by atoms with Gasteiger partial charge in [-0.25, -0.2) is 22.8 Å². The zero-order valence-electron chi connectivity index (χ0n) is 21.8. The SMILES string of the molecule is COc1cc(Nc2ncc(-c3cc(C(=O)NS(C)(=O)=O)c(=O)n(C)c3)c(-n3ccc(C(F)(F)F)n3)n2)cc(OC)c1. The molecule has 13 nitrogen and oxygen atoms in total. The lowest BCUT2D eigenvalue weighted by molar-refractivity contribution is -0.141. The van der Waals surface area contributed by atoms with Gasteiger partial charge in [0, 0.05) is 60.7 Å². The van der Waals surface area contributed by atoms with E-state index >= 15 is 0 Å². The van der Waals surface area contributed by atoms with Crippen LogP contribution in [0, 0.1) is 0 Å². The second kappa shape index (κ2) is 10.9. The number of carbonyl (C=O) groups is 1. The van der Waals surface area contributed by atoms with Gasteiger partial charge in [-0.05, 0) is 12.1 Å². The number of benzene rings is 1. The quantitative estimate of drug-likeness (QED) is 0.311. The number of sulfonamides is 1. The molecule has 0 atom stereocenters. The highest BCUT2D eigenvalue weighted by Gasteiger charge is 2.34. The molecule has 4 rings (SSSR count). The molecule has 3 aromatic heterocycles. The van der Waals surface area contributed by atoms with E-state index in [1.807, 2.05) is 0 Å². The minimum atomic E-state index is -4.75. The van der Waals surface area contributed by atoms with Gasteiger partial charge < -0.3 is 19.4 Å². The van der Waals surface area contributed by atoms with Crippen molar-refractivity contribution in [1.29, 1.82) is 0 Å². The number of anilines is 2. The fraction of sp³-hybridized carbons (Fsp3) is 0.208. The number of alkyl halides is 3. The van der Waals surface area contributed by atoms with E-state index < -0.39 is 38.9 Å². The fourth-order valence-electron chi connectivity index (χ4n) is 3.66. The molecule has 0 fully saturated rings. The Labute approximate surface area is 230 Å². The third kappa shape index (κ3) is 6.63. The van der Waals surface area contributed by atoms with Crippen LogP contribution in [0.5, 0.6) is 11.5 Å². The summed E-state index contributed by atoms with van der Waals surface area (Å²) in [7, 11) is 0.213. The Morgan fingerprint density at radius 2 is 1.73 bits per heavy atom. The lowest BCUT2D eigenvalue weighted by Gasteiger charge is -2.14. The number of halogens is 3. The van der Waals surface area contributed by atoms with Crippen LogP contribution in [0.3, 0.4) is 0 Å². The number of aromatic nitrogens is 5. The summed E-state index contributed by atoms with van der Waals surface area (Å²) in [5.74, 6) is -0.517. The summed E-state index contributed by atoms with van der Waals surface area (Å²) >= 11 is 0. The first kappa shape index (κ1) is 29.1. The predicted molar refractivity (Wildman–Crippen MR) is 140 cm³/mol. The van der Waals surface area contributed by atoms with Gasteiger partial charge in [-0.1, -0.05) is 0 Å². The molecule has 216 valence electrons. The molecule has 4 aromatic rings. The molecule has 0 spiro atoms. The summed E-state index contributed by atoms with van der Waals surface area (Å²) in [6.45, 7) is 0. The van der Waals surface area contributed by atoms with Crippen LogP contribution in [-0.2, 0) is 23.2 Å². The topological polar surface area (TPSA) is 159 Å². The van der Waals surface area contributed by atoms with E-state index in [0.29, 0.717) is 17.2 Å². The van der Waals surface area contributed by atoms with Crippen molar-refractivity contribution in [3.05, 3.63) is 70.5 Å². The number of rotatable bonds is 8. The normalized spacial score (nSPS) is 11.7. The molecule has 0 saturated heterocycles. The Balaban J connectivity index is 1.88. The zero-order valence-corrected chi connectivity index (χ0v) is 22.7. The van der Waals surface area contributed by atoms with Gasteiger partial charge >= 0.3 is 6.18 Å². The molecule has 0 bridgehead atoms. The highest BCUT2D eigenvalue weighted by atomic mass is 32.2. The van der Waals surface area contributed by atoms with E-state index in [9.17, 15) is 31.2 Å². The monoisotopic (exact) mass is 593 g/mol. The number of nitrogens with one attached hydrogen (secondary N) is 2. The van der Waals surface area contributed by atoms with Gasteiger partial charge in [0.25, 0.3) is 11.5 Å². The van der Waals surface area contributed by atoms with Gasteiger partial charge in [0.05, 0.1) is 20.5 Å². The molecule has 3 heterocycles. The van der Waals surface area contributed by atoms with Crippen molar-refractivity contribution in [3.8, 4) is 28.4 Å². The van der Waals surface area contributed by atoms with Crippen molar-refractivity contribution in [2.75, 3.05) is 25.8 Å². The highest BCUT2D eigenvalue weighted by molar-refractivity contribution is 7.89. The Morgan fingerprint density at radius 1 is 1.07 bits per heavy atom. The number of aryl methyl sites for hydroxylation is 1. The van der Waals surface area contributed by atoms with Gasteiger partial charge in [0.2, 0.25) is 16.0 Å². The van der Waals surface area contributed by atoms with Crippen molar-refractivity contribution in [1.82, 2.24) is 29.0 Å². The molecule has 0 radical (unpaired) electrons. The summed E-state index contributed by atoms with van der Waals surface area (Å²) in [4.78, 5) is 33.7. The summed E-state index contributed by atoms with van der Waals surface area (Å²) < 4.78 is 77.3. The number of methoxy groups -OCH3 is 2. The average molecular weight is 594 g/mol. The number of hydrogen-bond acceptors (Lipinski definition) is 10. The molecule has 0 aliphatic heterocycles. The van der Waals surface area contributed by atoms with Crippen LogP contribution in [0.1, 0.15) is 16.1 Å². The first-order valence-corrected chi connectivity index (χ1v) is 13.3. The van der Waals surface area contributed by atoms with E-state index in [0.717, 1.165) is 33.8 Å². The van der Waals surface area contributed by atoms with Crippen LogP contribution in [0.15, 0.2) is 53.7 Å². The maximum Gasteiger partial charge on any atom is 0.435 e. The van der Waals surface area contributed by atoms with E-state index in [4.69, 9.17) is 9.47 Å². The van der Waals surface area contributed by atoms with Crippen molar-refractivity contribution >= 4 is 27.6 Å². The molecule has 0 aliphatic carbocycles. The van der Waals surface area contributed by atoms with E-state index in [-0.39, 0.29) is 22.9 Å². The molecule has 1 aromatic carbocycles. The van der Waals surface area contributed by atoms with Crippen LogP contribution in [0.2, 0.25) is 0 Å². The van der Waals surface area contributed by atoms with Crippen LogP contribution >= 0.6 is 0 Å². The number of hydrogen-bond donors (Lipinski definition) is 2. The largest absolute Gasteiger partial charge is 0.497 e. The standard InChI is InChI=1S/C24H22F3N7O6S/c1-33-12-13(7-17(22(33)36)21(35)32-41(4,37)38)18-11-28-23(29-14-8-15(39-2)10-16(9-14)40-3)30-20(18)34-6-5-19(31-34)24(25,26)27/h5-12H,1-4H3,(H,32,35)(H,28,29,30). The first-order valence-electron chi connectivity index (χ1n) is 11.4. The Morgan fingerprint density at radius 3 is 2.29 bits per heavy atom. The van der Waals surface area contributed by atoms with Gasteiger partial charge in [-0.3, -0.25) is 9.59 Å². The Bertz CT molecular complexity index is 1780. The van der Waals surface area contributed by atoms with E-state index in [1.165, 1.54) is 33.7 Å². The second-order valence-corrected chi connectivity index (χ2v) is 10.3. The number of nitrogens with zero attached hydrogens (tertiary/aromatic N) is 5. The molecule has 0 unspecified atom stereocenters. The molecule has 2 N–H and O–H groups in total. The van der Waals surface area contributed by atoms with Crippen LogP contribution in [-0.4, -0.2) is 59.1 Å². The average Bonchev–Trinajstić information content (AvgIpc) is 3.40. The molecular weight excluding hydrogens is 571 g/mol. The first-order chi connectivity index (χ1) is 19.2. The molecular formula is C24H22F3N7O6S. The molecule has 41 heavy (non-hydrogen) atoms. The third-order valence-electron chi connectivity index (χ3n) is 5.49. The summed E-state index contributed by atoms with van der Waals surface area (Å²) in [5, 5.41) is 6.52. The molecule has 0 aliphatic rings. The third-order valence-corrected chi connectivity index (χ3v) is 6.05. The number of amides is 1. The van der Waals surface area contributed by atoms with E-state index in [1.54, 1.807) is 22.9 Å². The van der Waals surface area contributed by atoms with E-state index in [2.05, 4.69) is 20.4 Å². The minimum absolute atomic E-state index is 0.0528. The van der Waals surface area contributed by atoms with Crippen LogP contribution in [0.25, 0.3) is 16.9 Å². The number of carbonyl (C=O) groups excluding carboxylic acids is 1. The van der Waals surface area contributed by atoms with Crippen molar-refractivity contribution in [2.45, 2.75) is 6.18 Å². The van der Waals surface area contributed by atoms with Crippen molar-refractivity contribution in [3.63, 3.8) is 0 Å². The fourth-order valence-corrected chi connectivity index (χ4v) is 4.10. The van der Waals surface area contributed by atoms with Gasteiger partial charge in [0.15, 0.2) is 11.5 Å². The van der Waals surface area contributed by atoms with Gasteiger partial charge in [-0.2, -0.15) is 23.3 Å². The number of ether oxygens (including phenoxy) is 2. The van der Waals surface area contributed by atoms with Gasteiger partial charge in [-0.15, -0.1) is 0 Å². The minimum Gasteiger partial charge on any atom is -0.497 e. The highest BCUT2D eigenvalue weighted by Crippen LogP contribution is 2.32. The van der Waals surface area contributed by atoms with Crippen LogP contribution in [0.4, 0.5) is 24.8 Å². The summed E-state index contributed by atoms with van der Waals surface area (Å²) in [6, 6.07) is 6.67. The smallest absolute Gasteiger partial charge is 0.435 e.